The van der Waals surface area contributed by atoms with Gasteiger partial charge in [0.1, 0.15) is 6.10 Å². The van der Waals surface area contributed by atoms with E-state index in [2.05, 4.69) is 31.3 Å². The lowest BCUT2D eigenvalue weighted by atomic mass is 10.0. The van der Waals surface area contributed by atoms with Crippen molar-refractivity contribution in [3.8, 4) is 0 Å². The second-order valence-electron chi connectivity index (χ2n) is 15.6. The van der Waals surface area contributed by atoms with E-state index in [-0.39, 0.29) is 6.61 Å². The number of carbonyl (C=O) groups is 1. The third-order valence-electron chi connectivity index (χ3n) is 10.5. The number of nitrogens with one attached hydrogen (secondary N) is 1. The highest BCUT2D eigenvalue weighted by molar-refractivity contribution is 5.80. The molecule has 0 aromatic rings. The molecule has 0 heterocycles. The fourth-order valence-corrected chi connectivity index (χ4v) is 6.94. The first-order chi connectivity index (χ1) is 25.1. The molecule has 0 bridgehead atoms. The Morgan fingerprint density at radius 2 is 0.784 bits per heavy atom. The molecule has 5 nitrogen and oxygen atoms in total. The van der Waals surface area contributed by atoms with Crippen LogP contribution in [0.3, 0.4) is 0 Å². The van der Waals surface area contributed by atoms with Crippen molar-refractivity contribution in [1.82, 2.24) is 5.32 Å². The van der Waals surface area contributed by atoms with Crippen LogP contribution in [0.2, 0.25) is 0 Å². The van der Waals surface area contributed by atoms with Gasteiger partial charge in [-0.25, -0.2) is 0 Å². The van der Waals surface area contributed by atoms with Crippen LogP contribution in [-0.4, -0.2) is 46.1 Å². The van der Waals surface area contributed by atoms with E-state index in [1.807, 2.05) is 6.08 Å². The molecule has 4 N–H and O–H groups in total. The van der Waals surface area contributed by atoms with Gasteiger partial charge in [0.05, 0.1) is 18.8 Å². The van der Waals surface area contributed by atoms with Gasteiger partial charge in [-0.05, 0) is 44.9 Å². The Labute approximate surface area is 318 Å². The second-order valence-corrected chi connectivity index (χ2v) is 15.6. The molecular weight excluding hydrogens is 631 g/mol. The number of amides is 1. The van der Waals surface area contributed by atoms with Gasteiger partial charge in [-0.3, -0.25) is 4.79 Å². The van der Waals surface area contributed by atoms with Gasteiger partial charge in [-0.15, -0.1) is 0 Å². The summed E-state index contributed by atoms with van der Waals surface area (Å²) < 4.78 is 0. The van der Waals surface area contributed by atoms with E-state index < -0.39 is 24.2 Å². The predicted molar refractivity (Wildman–Crippen MR) is 222 cm³/mol. The molecule has 0 radical (unpaired) electrons. The van der Waals surface area contributed by atoms with Gasteiger partial charge in [0, 0.05) is 0 Å². The number of hydrogen-bond acceptors (Lipinski definition) is 4. The smallest absolute Gasteiger partial charge is 0.249 e. The lowest BCUT2D eigenvalue weighted by Crippen LogP contribution is -2.48. The zero-order valence-corrected chi connectivity index (χ0v) is 34.2. The first kappa shape index (κ1) is 49.8. The highest BCUT2D eigenvalue weighted by Gasteiger charge is 2.22. The van der Waals surface area contributed by atoms with Crippen LogP contribution in [0.1, 0.15) is 239 Å². The number of unbranched alkanes of at least 4 members (excludes halogenated alkanes) is 31. The summed E-state index contributed by atoms with van der Waals surface area (Å²) in [5.74, 6) is -0.505. The van der Waals surface area contributed by atoms with E-state index in [9.17, 15) is 20.1 Å². The number of allylic oxidation sites excluding steroid dienone is 3. The van der Waals surface area contributed by atoms with Crippen LogP contribution in [0.4, 0.5) is 0 Å². The van der Waals surface area contributed by atoms with Gasteiger partial charge >= 0.3 is 0 Å². The van der Waals surface area contributed by atoms with Crippen molar-refractivity contribution < 1.29 is 20.1 Å². The van der Waals surface area contributed by atoms with Crippen LogP contribution in [0.15, 0.2) is 24.3 Å². The number of rotatable bonds is 41. The summed E-state index contributed by atoms with van der Waals surface area (Å²) in [7, 11) is 0. The quantitative estimate of drug-likeness (QED) is 0.0374. The van der Waals surface area contributed by atoms with E-state index in [0.29, 0.717) is 6.42 Å². The Hall–Kier alpha value is -1.17. The minimum Gasteiger partial charge on any atom is -0.394 e. The van der Waals surface area contributed by atoms with Crippen molar-refractivity contribution in [1.29, 1.82) is 0 Å². The van der Waals surface area contributed by atoms with Gasteiger partial charge in [0.25, 0.3) is 0 Å². The Balaban J connectivity index is 3.64. The van der Waals surface area contributed by atoms with Crippen LogP contribution >= 0.6 is 0 Å². The van der Waals surface area contributed by atoms with Crippen molar-refractivity contribution in [2.24, 2.45) is 0 Å². The van der Waals surface area contributed by atoms with Gasteiger partial charge in [-0.1, -0.05) is 218 Å². The molecule has 0 saturated heterocycles. The van der Waals surface area contributed by atoms with E-state index in [4.69, 9.17) is 0 Å². The lowest BCUT2D eigenvalue weighted by Gasteiger charge is -2.21. The van der Waals surface area contributed by atoms with E-state index >= 15 is 0 Å². The molecule has 0 aromatic heterocycles. The maximum atomic E-state index is 12.5. The summed E-state index contributed by atoms with van der Waals surface area (Å²) in [4.78, 5) is 12.5. The maximum Gasteiger partial charge on any atom is 0.249 e. The van der Waals surface area contributed by atoms with Crippen LogP contribution in [0, 0.1) is 0 Å². The largest absolute Gasteiger partial charge is 0.394 e. The van der Waals surface area contributed by atoms with Crippen molar-refractivity contribution in [2.75, 3.05) is 6.61 Å². The Morgan fingerprint density at radius 1 is 0.471 bits per heavy atom. The molecule has 0 fully saturated rings. The van der Waals surface area contributed by atoms with Crippen LogP contribution in [0.5, 0.6) is 0 Å². The van der Waals surface area contributed by atoms with Crippen molar-refractivity contribution in [3.05, 3.63) is 24.3 Å². The second kappa shape index (κ2) is 41.6. The summed E-state index contributed by atoms with van der Waals surface area (Å²) >= 11 is 0. The molecule has 0 aromatic carbocycles. The Morgan fingerprint density at radius 3 is 1.14 bits per heavy atom. The van der Waals surface area contributed by atoms with Gasteiger partial charge in [-0.2, -0.15) is 0 Å². The maximum absolute atomic E-state index is 12.5. The summed E-state index contributed by atoms with van der Waals surface area (Å²) in [5.41, 5.74) is 0. The van der Waals surface area contributed by atoms with Crippen LogP contribution in [0.25, 0.3) is 0 Å². The van der Waals surface area contributed by atoms with Gasteiger partial charge in [0.15, 0.2) is 0 Å². The number of carbonyl (C=O) groups excluding carboxylic acids is 1. The monoisotopic (exact) mass is 720 g/mol. The molecular formula is C46H89NO4. The van der Waals surface area contributed by atoms with E-state index in [0.717, 1.165) is 32.1 Å². The number of aliphatic hydroxyl groups excluding tert-OH is 3. The summed E-state index contributed by atoms with van der Waals surface area (Å²) in [5, 5.41) is 33.1. The molecule has 0 aliphatic rings. The zero-order chi connectivity index (χ0) is 37.3. The number of aliphatic hydroxyl groups is 3. The zero-order valence-electron chi connectivity index (χ0n) is 34.2. The molecule has 5 heteroatoms. The summed E-state index contributed by atoms with van der Waals surface area (Å²) in [6.07, 6.45) is 50.7. The topological polar surface area (TPSA) is 89.8 Å². The van der Waals surface area contributed by atoms with Crippen molar-refractivity contribution >= 4 is 5.91 Å². The van der Waals surface area contributed by atoms with Gasteiger partial charge < -0.3 is 20.6 Å². The minimum atomic E-state index is -1.10. The van der Waals surface area contributed by atoms with Gasteiger partial charge in [0.2, 0.25) is 5.91 Å². The first-order valence-electron chi connectivity index (χ1n) is 22.7. The van der Waals surface area contributed by atoms with Crippen LogP contribution < -0.4 is 5.32 Å². The molecule has 0 rings (SSSR count). The highest BCUT2D eigenvalue weighted by Crippen LogP contribution is 2.15. The fraction of sp³-hybridized carbons (Fsp3) is 0.891. The molecule has 0 aliphatic heterocycles. The average Bonchev–Trinajstić information content (AvgIpc) is 3.13. The molecule has 3 atom stereocenters. The average molecular weight is 720 g/mol. The van der Waals surface area contributed by atoms with Crippen LogP contribution in [-0.2, 0) is 4.79 Å². The third kappa shape index (κ3) is 37.0. The van der Waals surface area contributed by atoms with Crippen molar-refractivity contribution in [2.45, 2.75) is 257 Å². The number of hydrogen-bond donors (Lipinski definition) is 4. The third-order valence-corrected chi connectivity index (χ3v) is 10.5. The standard InChI is InChI=1S/C46H89NO4/c1-3-5-7-9-11-13-15-17-19-20-21-22-23-24-25-26-27-29-31-33-35-37-39-41-45(50)46(51)47-43(42-48)44(49)40-38-36-34-32-30-28-18-16-14-12-10-8-6-4-2/h24-25,38,40,43-45,48-50H,3-23,26-37,39,41-42H2,1-2H3,(H,47,51)/b25-24-,40-38+. The lowest BCUT2D eigenvalue weighted by molar-refractivity contribution is -0.131. The molecule has 0 spiro atoms. The van der Waals surface area contributed by atoms with Crippen molar-refractivity contribution in [3.63, 3.8) is 0 Å². The molecule has 51 heavy (non-hydrogen) atoms. The SMILES string of the molecule is CCCCCCCCCCCCCC/C=C\CCCCCCCCCC(O)C(=O)NC(CO)C(O)/C=C/CCCCCCCCCCCCCC. The summed E-state index contributed by atoms with van der Waals surface area (Å²) in [6, 6.07) is -0.797. The predicted octanol–water partition coefficient (Wildman–Crippen LogP) is 13.0. The molecule has 302 valence electrons. The molecule has 0 aliphatic carbocycles. The Bertz CT molecular complexity index is 754. The Kier molecular flexibility index (Phi) is 40.6. The first-order valence-corrected chi connectivity index (χ1v) is 22.7. The normalized spacial score (nSPS) is 13.7. The minimum absolute atomic E-state index is 0.363. The summed E-state index contributed by atoms with van der Waals surface area (Å²) in [6.45, 7) is 4.19. The highest BCUT2D eigenvalue weighted by atomic mass is 16.3. The van der Waals surface area contributed by atoms with E-state index in [1.54, 1.807) is 6.08 Å². The molecule has 0 saturated carbocycles. The van der Waals surface area contributed by atoms with E-state index in [1.165, 1.54) is 186 Å². The molecule has 3 unspecified atom stereocenters. The molecule has 1 amide bonds. The fourth-order valence-electron chi connectivity index (χ4n) is 6.94.